The van der Waals surface area contributed by atoms with Gasteiger partial charge in [-0.3, -0.25) is 0 Å². The summed E-state index contributed by atoms with van der Waals surface area (Å²) in [6, 6.07) is 47.5. The molecule has 0 atom stereocenters. The van der Waals surface area contributed by atoms with E-state index in [1.54, 1.807) is 0 Å². The summed E-state index contributed by atoms with van der Waals surface area (Å²) in [6.45, 7) is 0. The summed E-state index contributed by atoms with van der Waals surface area (Å²) < 4.78 is 0. The summed E-state index contributed by atoms with van der Waals surface area (Å²) in [4.78, 5) is 0. The minimum Gasteiger partial charge on any atom is -0.355 e. The van der Waals surface area contributed by atoms with Crippen molar-refractivity contribution in [1.82, 2.24) is 0 Å². The Morgan fingerprint density at radius 3 is 1.21 bits per heavy atom. The van der Waals surface area contributed by atoms with Gasteiger partial charge in [-0.25, -0.2) is 0 Å². The SMILES string of the molecule is c1cc(Nc2cccc(-c3ccc4ccccc4c3)c2)cc(-c2ccc3ccccc3c2)c1. The first-order valence-electron chi connectivity index (χ1n) is 11.3. The lowest BCUT2D eigenvalue weighted by Crippen LogP contribution is -1.91. The lowest BCUT2D eigenvalue weighted by molar-refractivity contribution is 1.54. The fourth-order valence-corrected chi connectivity index (χ4v) is 4.46. The van der Waals surface area contributed by atoms with Crippen LogP contribution in [0.1, 0.15) is 0 Å². The van der Waals surface area contributed by atoms with Gasteiger partial charge in [-0.2, -0.15) is 0 Å². The van der Waals surface area contributed by atoms with Gasteiger partial charge < -0.3 is 5.32 Å². The predicted octanol–water partition coefficient (Wildman–Crippen LogP) is 9.07. The molecule has 0 saturated carbocycles. The zero-order valence-corrected chi connectivity index (χ0v) is 18.2. The monoisotopic (exact) mass is 421 g/mol. The lowest BCUT2D eigenvalue weighted by Gasteiger charge is -2.11. The first-order valence-corrected chi connectivity index (χ1v) is 11.3. The zero-order chi connectivity index (χ0) is 22.0. The average molecular weight is 422 g/mol. The fourth-order valence-electron chi connectivity index (χ4n) is 4.46. The van der Waals surface area contributed by atoms with Crippen LogP contribution < -0.4 is 5.32 Å². The van der Waals surface area contributed by atoms with Gasteiger partial charge in [0, 0.05) is 11.4 Å². The fraction of sp³-hybridized carbons (Fsp3) is 0. The van der Waals surface area contributed by atoms with Crippen LogP contribution in [-0.2, 0) is 0 Å². The first kappa shape index (κ1) is 19.3. The molecule has 0 heterocycles. The summed E-state index contributed by atoms with van der Waals surface area (Å²) in [5.74, 6) is 0. The molecule has 33 heavy (non-hydrogen) atoms. The minimum atomic E-state index is 1.08. The van der Waals surface area contributed by atoms with Crippen molar-refractivity contribution in [3.8, 4) is 22.3 Å². The molecule has 0 radical (unpaired) electrons. The molecular formula is C32H23N. The summed E-state index contributed by atoms with van der Waals surface area (Å²) >= 11 is 0. The van der Waals surface area contributed by atoms with E-state index in [9.17, 15) is 0 Å². The maximum absolute atomic E-state index is 3.60. The lowest BCUT2D eigenvalue weighted by atomic mass is 10.0. The van der Waals surface area contributed by atoms with Gasteiger partial charge in [0.1, 0.15) is 0 Å². The molecule has 0 aliphatic rings. The second-order valence-corrected chi connectivity index (χ2v) is 8.41. The molecule has 0 aromatic heterocycles. The maximum atomic E-state index is 3.60. The molecule has 0 aliphatic heterocycles. The van der Waals surface area contributed by atoms with Crippen LogP contribution in [0.5, 0.6) is 0 Å². The molecule has 1 nitrogen and oxygen atoms in total. The highest BCUT2D eigenvalue weighted by atomic mass is 14.9. The van der Waals surface area contributed by atoms with Gasteiger partial charge in [0.05, 0.1) is 0 Å². The third kappa shape index (κ3) is 3.97. The number of hydrogen-bond donors (Lipinski definition) is 1. The highest BCUT2D eigenvalue weighted by molar-refractivity contribution is 5.89. The summed E-state index contributed by atoms with van der Waals surface area (Å²) in [5, 5.41) is 8.65. The number of nitrogens with one attached hydrogen (secondary N) is 1. The van der Waals surface area contributed by atoms with E-state index in [0.717, 1.165) is 11.4 Å². The van der Waals surface area contributed by atoms with E-state index in [2.05, 4.69) is 139 Å². The Hall–Kier alpha value is -4.36. The number of benzene rings is 6. The van der Waals surface area contributed by atoms with Gasteiger partial charge in [0.25, 0.3) is 0 Å². The van der Waals surface area contributed by atoms with Crippen molar-refractivity contribution >= 4 is 32.9 Å². The Morgan fingerprint density at radius 2 is 0.727 bits per heavy atom. The van der Waals surface area contributed by atoms with Crippen LogP contribution in [0.3, 0.4) is 0 Å². The summed E-state index contributed by atoms with van der Waals surface area (Å²) in [7, 11) is 0. The quantitative estimate of drug-likeness (QED) is 0.299. The molecule has 1 heteroatoms. The summed E-state index contributed by atoms with van der Waals surface area (Å²) in [6.07, 6.45) is 0. The molecular weight excluding hydrogens is 398 g/mol. The van der Waals surface area contributed by atoms with E-state index in [1.807, 2.05) is 0 Å². The molecule has 0 saturated heterocycles. The van der Waals surface area contributed by atoms with Crippen LogP contribution in [0.2, 0.25) is 0 Å². The van der Waals surface area contributed by atoms with Crippen molar-refractivity contribution in [3.63, 3.8) is 0 Å². The second kappa shape index (κ2) is 8.29. The highest BCUT2D eigenvalue weighted by Gasteiger charge is 2.04. The number of fused-ring (bicyclic) bond motifs is 2. The molecule has 1 N–H and O–H groups in total. The number of rotatable bonds is 4. The van der Waals surface area contributed by atoms with E-state index < -0.39 is 0 Å². The van der Waals surface area contributed by atoms with Crippen molar-refractivity contribution in [3.05, 3.63) is 133 Å². The smallest absolute Gasteiger partial charge is 0.0390 e. The Labute approximate surface area is 194 Å². The molecule has 0 bridgehead atoms. The van der Waals surface area contributed by atoms with E-state index in [4.69, 9.17) is 0 Å². The molecule has 0 aliphatic carbocycles. The standard InChI is InChI=1S/C32H23N/c1-3-9-25-19-29(17-15-23(25)7-1)27-11-5-13-31(21-27)33-32-14-6-12-28(22-32)30-18-16-24-8-2-4-10-26(24)20-30/h1-22,33H. The summed E-state index contributed by atoms with van der Waals surface area (Å²) in [5.41, 5.74) is 7.02. The normalized spacial score (nSPS) is 11.0. The van der Waals surface area contributed by atoms with Gasteiger partial charge in [-0.1, -0.05) is 97.1 Å². The zero-order valence-electron chi connectivity index (χ0n) is 18.2. The van der Waals surface area contributed by atoms with Crippen molar-refractivity contribution in [2.24, 2.45) is 0 Å². The van der Waals surface area contributed by atoms with E-state index in [0.29, 0.717) is 0 Å². The Morgan fingerprint density at radius 1 is 0.303 bits per heavy atom. The van der Waals surface area contributed by atoms with Crippen LogP contribution in [0.25, 0.3) is 43.8 Å². The second-order valence-electron chi connectivity index (χ2n) is 8.41. The van der Waals surface area contributed by atoms with Crippen LogP contribution in [-0.4, -0.2) is 0 Å². The van der Waals surface area contributed by atoms with Gasteiger partial charge in [0.15, 0.2) is 0 Å². The number of hydrogen-bond acceptors (Lipinski definition) is 1. The third-order valence-corrected chi connectivity index (χ3v) is 6.18. The van der Waals surface area contributed by atoms with Crippen LogP contribution in [0, 0.1) is 0 Å². The minimum absolute atomic E-state index is 1.08. The van der Waals surface area contributed by atoms with Gasteiger partial charge in [-0.05, 0) is 80.2 Å². The Kier molecular flexibility index (Phi) is 4.86. The molecule has 6 aromatic carbocycles. The van der Waals surface area contributed by atoms with Crippen molar-refractivity contribution in [1.29, 1.82) is 0 Å². The average Bonchev–Trinajstić information content (AvgIpc) is 2.88. The van der Waals surface area contributed by atoms with Gasteiger partial charge >= 0.3 is 0 Å². The largest absolute Gasteiger partial charge is 0.355 e. The topological polar surface area (TPSA) is 12.0 Å². The highest BCUT2D eigenvalue weighted by Crippen LogP contribution is 2.30. The van der Waals surface area contributed by atoms with Crippen molar-refractivity contribution in [2.45, 2.75) is 0 Å². The molecule has 0 fully saturated rings. The Balaban J connectivity index is 1.30. The molecule has 0 spiro atoms. The molecule has 0 amide bonds. The molecule has 0 unspecified atom stereocenters. The maximum Gasteiger partial charge on any atom is 0.0390 e. The Bertz CT molecular complexity index is 1470. The predicted molar refractivity (Wildman–Crippen MR) is 142 cm³/mol. The first-order chi connectivity index (χ1) is 16.3. The van der Waals surface area contributed by atoms with E-state index in [-0.39, 0.29) is 0 Å². The van der Waals surface area contributed by atoms with Gasteiger partial charge in [-0.15, -0.1) is 0 Å². The third-order valence-electron chi connectivity index (χ3n) is 6.18. The van der Waals surface area contributed by atoms with E-state index >= 15 is 0 Å². The number of anilines is 2. The molecule has 156 valence electrons. The van der Waals surface area contributed by atoms with Gasteiger partial charge in [0.2, 0.25) is 0 Å². The van der Waals surface area contributed by atoms with E-state index in [1.165, 1.54) is 43.8 Å². The molecule has 6 aromatic rings. The van der Waals surface area contributed by atoms with Crippen LogP contribution in [0.15, 0.2) is 133 Å². The van der Waals surface area contributed by atoms with Crippen LogP contribution in [0.4, 0.5) is 11.4 Å². The van der Waals surface area contributed by atoms with Crippen molar-refractivity contribution < 1.29 is 0 Å². The molecule has 6 rings (SSSR count). The van der Waals surface area contributed by atoms with Crippen molar-refractivity contribution in [2.75, 3.05) is 5.32 Å². The van der Waals surface area contributed by atoms with Crippen LogP contribution >= 0.6 is 0 Å².